The molecule has 1 atom stereocenters. The molecule has 1 heterocycles. The SMILES string of the molecule is COCc1cc(Cl)cc(S(=O)(=O)N2CCC[C@H]2C(=O)O)c1. The van der Waals surface area contributed by atoms with Crippen LogP contribution in [0.1, 0.15) is 18.4 Å². The summed E-state index contributed by atoms with van der Waals surface area (Å²) < 4.78 is 31.2. The van der Waals surface area contributed by atoms with Crippen LogP contribution in [0.15, 0.2) is 23.1 Å². The van der Waals surface area contributed by atoms with Crippen LogP contribution in [-0.2, 0) is 26.2 Å². The molecule has 0 bridgehead atoms. The zero-order valence-corrected chi connectivity index (χ0v) is 13.0. The van der Waals surface area contributed by atoms with Gasteiger partial charge in [-0.25, -0.2) is 8.42 Å². The van der Waals surface area contributed by atoms with Crippen molar-refractivity contribution in [3.63, 3.8) is 0 Å². The Bertz CT molecular complexity index is 646. The molecule has 1 aromatic rings. The first-order valence-electron chi connectivity index (χ1n) is 6.39. The van der Waals surface area contributed by atoms with E-state index in [0.29, 0.717) is 18.4 Å². The molecule has 21 heavy (non-hydrogen) atoms. The zero-order valence-electron chi connectivity index (χ0n) is 11.5. The van der Waals surface area contributed by atoms with E-state index in [1.807, 2.05) is 0 Å². The third-order valence-corrected chi connectivity index (χ3v) is 5.44. The van der Waals surface area contributed by atoms with E-state index in [9.17, 15) is 13.2 Å². The fraction of sp³-hybridized carbons (Fsp3) is 0.462. The summed E-state index contributed by atoms with van der Waals surface area (Å²) in [4.78, 5) is 11.2. The summed E-state index contributed by atoms with van der Waals surface area (Å²) in [5, 5.41) is 9.41. The minimum Gasteiger partial charge on any atom is -0.480 e. The lowest BCUT2D eigenvalue weighted by Gasteiger charge is -2.21. The average molecular weight is 334 g/mol. The molecule has 0 spiro atoms. The number of hydrogen-bond donors (Lipinski definition) is 1. The highest BCUT2D eigenvalue weighted by atomic mass is 35.5. The number of aliphatic carboxylic acids is 1. The second-order valence-corrected chi connectivity index (χ2v) is 7.17. The first-order valence-corrected chi connectivity index (χ1v) is 8.21. The first-order chi connectivity index (χ1) is 9.86. The summed E-state index contributed by atoms with van der Waals surface area (Å²) in [6.07, 6.45) is 0.849. The second-order valence-electron chi connectivity index (χ2n) is 4.84. The maximum atomic E-state index is 12.6. The number of carboxylic acids is 1. The van der Waals surface area contributed by atoms with Gasteiger partial charge in [-0.2, -0.15) is 4.31 Å². The molecule has 116 valence electrons. The smallest absolute Gasteiger partial charge is 0.322 e. The third kappa shape index (κ3) is 3.37. The minimum atomic E-state index is -3.88. The normalized spacial score (nSPS) is 19.8. The molecular formula is C13H16ClNO5S. The van der Waals surface area contributed by atoms with Crippen LogP contribution in [0.2, 0.25) is 5.02 Å². The van der Waals surface area contributed by atoms with E-state index in [1.165, 1.54) is 19.2 Å². The number of nitrogens with zero attached hydrogens (tertiary/aromatic N) is 1. The maximum Gasteiger partial charge on any atom is 0.322 e. The minimum absolute atomic E-state index is 0.00444. The van der Waals surface area contributed by atoms with Crippen molar-refractivity contribution in [2.45, 2.75) is 30.4 Å². The van der Waals surface area contributed by atoms with Crippen molar-refractivity contribution >= 4 is 27.6 Å². The van der Waals surface area contributed by atoms with Gasteiger partial charge in [0.15, 0.2) is 0 Å². The molecule has 0 aromatic heterocycles. The highest BCUT2D eigenvalue weighted by molar-refractivity contribution is 7.89. The molecule has 0 saturated carbocycles. The molecule has 6 nitrogen and oxygen atoms in total. The van der Waals surface area contributed by atoms with Crippen LogP contribution in [0.4, 0.5) is 0 Å². The van der Waals surface area contributed by atoms with Crippen molar-refractivity contribution < 1.29 is 23.1 Å². The number of halogens is 1. The number of hydrogen-bond acceptors (Lipinski definition) is 4. The van der Waals surface area contributed by atoms with Crippen LogP contribution >= 0.6 is 11.6 Å². The molecule has 8 heteroatoms. The van der Waals surface area contributed by atoms with Crippen LogP contribution < -0.4 is 0 Å². The monoisotopic (exact) mass is 333 g/mol. The molecule has 0 radical (unpaired) electrons. The highest BCUT2D eigenvalue weighted by Gasteiger charge is 2.39. The number of carbonyl (C=O) groups is 1. The van der Waals surface area contributed by atoms with E-state index in [0.717, 1.165) is 4.31 Å². The third-order valence-electron chi connectivity index (χ3n) is 3.34. The largest absolute Gasteiger partial charge is 0.480 e. The molecule has 0 amide bonds. The van der Waals surface area contributed by atoms with Crippen LogP contribution in [-0.4, -0.2) is 43.5 Å². The van der Waals surface area contributed by atoms with Crippen LogP contribution in [0, 0.1) is 0 Å². The van der Waals surface area contributed by atoms with E-state index in [4.69, 9.17) is 21.4 Å². The number of rotatable bonds is 5. The Hall–Kier alpha value is -1.15. The van der Waals surface area contributed by atoms with Crippen LogP contribution in [0.25, 0.3) is 0 Å². The summed E-state index contributed by atoms with van der Waals surface area (Å²) in [6.45, 7) is 0.427. The van der Waals surface area contributed by atoms with Gasteiger partial charge in [0.25, 0.3) is 0 Å². The first kappa shape index (κ1) is 16.2. The lowest BCUT2D eigenvalue weighted by molar-refractivity contribution is -0.140. The fourth-order valence-electron chi connectivity index (χ4n) is 2.43. The van der Waals surface area contributed by atoms with Gasteiger partial charge < -0.3 is 9.84 Å². The summed E-state index contributed by atoms with van der Waals surface area (Å²) in [6, 6.07) is 3.39. The van der Waals surface area contributed by atoms with Gasteiger partial charge in [0.2, 0.25) is 10.0 Å². The Balaban J connectivity index is 2.41. The predicted octanol–water partition coefficient (Wildman–Crippen LogP) is 1.72. The van der Waals surface area contributed by atoms with Gasteiger partial charge in [-0.05, 0) is 36.6 Å². The molecule has 2 rings (SSSR count). The Morgan fingerprint density at radius 3 is 2.81 bits per heavy atom. The van der Waals surface area contributed by atoms with Crippen LogP contribution in [0.5, 0.6) is 0 Å². The van der Waals surface area contributed by atoms with E-state index < -0.39 is 22.0 Å². The quantitative estimate of drug-likeness (QED) is 0.887. The average Bonchev–Trinajstić information content (AvgIpc) is 2.88. The predicted molar refractivity (Wildman–Crippen MR) is 76.7 cm³/mol. The summed E-state index contributed by atoms with van der Waals surface area (Å²) in [5.74, 6) is -1.13. The summed E-state index contributed by atoms with van der Waals surface area (Å²) >= 11 is 5.94. The van der Waals surface area contributed by atoms with Gasteiger partial charge in [-0.15, -0.1) is 0 Å². The molecule has 0 aliphatic carbocycles. The molecule has 1 fully saturated rings. The lowest BCUT2D eigenvalue weighted by Crippen LogP contribution is -2.40. The molecule has 1 N–H and O–H groups in total. The molecule has 1 aliphatic heterocycles. The lowest BCUT2D eigenvalue weighted by atomic mass is 10.2. The number of methoxy groups -OCH3 is 1. The van der Waals surface area contributed by atoms with Gasteiger partial charge in [0.1, 0.15) is 6.04 Å². The molecule has 1 aliphatic rings. The molecule has 0 unspecified atom stereocenters. The standard InChI is InChI=1S/C13H16ClNO5S/c1-20-8-9-5-10(14)7-11(6-9)21(18,19)15-4-2-3-12(15)13(16)17/h5-7,12H,2-4,8H2,1H3,(H,16,17)/t12-/m0/s1. The molecular weight excluding hydrogens is 318 g/mol. The summed E-state index contributed by atoms with van der Waals surface area (Å²) in [7, 11) is -2.39. The van der Waals surface area contributed by atoms with E-state index in [-0.39, 0.29) is 23.1 Å². The summed E-state index contributed by atoms with van der Waals surface area (Å²) in [5.41, 5.74) is 0.620. The molecule has 1 aromatic carbocycles. The second kappa shape index (κ2) is 6.31. The van der Waals surface area contributed by atoms with Gasteiger partial charge in [0.05, 0.1) is 11.5 Å². The van der Waals surface area contributed by atoms with Gasteiger partial charge in [-0.3, -0.25) is 4.79 Å². The highest BCUT2D eigenvalue weighted by Crippen LogP contribution is 2.28. The maximum absolute atomic E-state index is 12.6. The van der Waals surface area contributed by atoms with E-state index >= 15 is 0 Å². The van der Waals surface area contributed by atoms with Crippen molar-refractivity contribution in [3.05, 3.63) is 28.8 Å². The van der Waals surface area contributed by atoms with Gasteiger partial charge in [0, 0.05) is 18.7 Å². The Morgan fingerprint density at radius 1 is 1.48 bits per heavy atom. The Kier molecular flexibility index (Phi) is 4.88. The number of carboxylic acid groups (broad SMARTS) is 1. The van der Waals surface area contributed by atoms with Crippen molar-refractivity contribution in [2.24, 2.45) is 0 Å². The van der Waals surface area contributed by atoms with Crippen molar-refractivity contribution in [3.8, 4) is 0 Å². The Labute approximate surface area is 128 Å². The number of sulfonamides is 1. The zero-order chi connectivity index (χ0) is 15.6. The number of benzene rings is 1. The topological polar surface area (TPSA) is 83.9 Å². The van der Waals surface area contributed by atoms with Crippen molar-refractivity contribution in [2.75, 3.05) is 13.7 Å². The van der Waals surface area contributed by atoms with Gasteiger partial charge >= 0.3 is 5.97 Å². The molecule has 1 saturated heterocycles. The van der Waals surface area contributed by atoms with Crippen molar-refractivity contribution in [1.29, 1.82) is 0 Å². The van der Waals surface area contributed by atoms with Gasteiger partial charge in [-0.1, -0.05) is 11.6 Å². The van der Waals surface area contributed by atoms with Crippen LogP contribution in [0.3, 0.4) is 0 Å². The van der Waals surface area contributed by atoms with E-state index in [2.05, 4.69) is 0 Å². The fourth-order valence-corrected chi connectivity index (χ4v) is 4.50. The Morgan fingerprint density at radius 2 is 2.19 bits per heavy atom. The van der Waals surface area contributed by atoms with E-state index in [1.54, 1.807) is 6.07 Å². The van der Waals surface area contributed by atoms with Crippen molar-refractivity contribution in [1.82, 2.24) is 4.31 Å². The number of ether oxygens (including phenoxy) is 1.